The van der Waals surface area contributed by atoms with Crippen molar-refractivity contribution in [3.63, 3.8) is 0 Å². The molecule has 0 bridgehead atoms. The van der Waals surface area contributed by atoms with Gasteiger partial charge in [0.1, 0.15) is 6.07 Å². The number of carbonyl (C=O) groups excluding carboxylic acids is 1. The minimum atomic E-state index is -0.647. The number of aromatic nitrogens is 1. The quantitative estimate of drug-likeness (QED) is 0.721. The van der Waals surface area contributed by atoms with Crippen LogP contribution in [0.2, 0.25) is 0 Å². The first-order chi connectivity index (χ1) is 11.6. The third-order valence-corrected chi connectivity index (χ3v) is 3.92. The lowest BCUT2D eigenvalue weighted by molar-refractivity contribution is 0.0593. The minimum absolute atomic E-state index is 0.0569. The molecule has 6 nitrogen and oxygen atoms in total. The third-order valence-electron chi connectivity index (χ3n) is 3.92. The van der Waals surface area contributed by atoms with Crippen LogP contribution in [-0.4, -0.2) is 22.8 Å². The Kier molecular flexibility index (Phi) is 3.94. The molecule has 0 aliphatic heterocycles. The number of benzene rings is 2. The van der Waals surface area contributed by atoms with Crippen molar-refractivity contribution in [2.45, 2.75) is 6.61 Å². The molecule has 0 radical (unpaired) electrons. The fraction of sp³-hybridized carbons (Fsp3) is 0.111. The molecule has 3 N–H and O–H groups in total. The Balaban J connectivity index is 2.35. The Morgan fingerprint density at radius 1 is 1.33 bits per heavy atom. The molecule has 0 saturated carbocycles. The van der Waals surface area contributed by atoms with Crippen molar-refractivity contribution in [1.29, 1.82) is 5.26 Å². The number of nitrogen functional groups attached to an aromatic ring is 1. The summed E-state index contributed by atoms with van der Waals surface area (Å²) in [6.45, 7) is -0.221. The molecule has 0 aliphatic rings. The molecule has 0 fully saturated rings. The van der Waals surface area contributed by atoms with E-state index in [1.165, 1.54) is 17.9 Å². The van der Waals surface area contributed by atoms with Crippen molar-refractivity contribution in [1.82, 2.24) is 4.57 Å². The molecule has 6 heteroatoms. The van der Waals surface area contributed by atoms with E-state index >= 15 is 0 Å². The zero-order valence-electron chi connectivity index (χ0n) is 13.0. The topological polar surface area (TPSA) is 101 Å². The summed E-state index contributed by atoms with van der Waals surface area (Å²) in [5, 5.41) is 20.8. The Labute approximate surface area is 138 Å². The van der Waals surface area contributed by atoms with Gasteiger partial charge < -0.3 is 20.1 Å². The number of ether oxygens (including phenoxy) is 1. The minimum Gasteiger partial charge on any atom is -0.464 e. The molecule has 0 unspecified atom stereocenters. The van der Waals surface area contributed by atoms with Crippen molar-refractivity contribution >= 4 is 22.4 Å². The van der Waals surface area contributed by atoms with Gasteiger partial charge in [-0.1, -0.05) is 24.3 Å². The third kappa shape index (κ3) is 2.37. The van der Waals surface area contributed by atoms with Crippen LogP contribution in [0.15, 0.2) is 42.6 Å². The molecule has 2 aromatic carbocycles. The molecule has 3 rings (SSSR count). The van der Waals surface area contributed by atoms with Crippen LogP contribution >= 0.6 is 0 Å². The highest BCUT2D eigenvalue weighted by molar-refractivity contribution is 5.96. The first-order valence-electron chi connectivity index (χ1n) is 7.22. The van der Waals surface area contributed by atoms with Crippen LogP contribution < -0.4 is 5.73 Å². The average Bonchev–Trinajstić information content (AvgIpc) is 2.96. The number of carbonyl (C=O) groups is 1. The molecule has 120 valence electrons. The number of fused-ring (bicyclic) bond motifs is 1. The van der Waals surface area contributed by atoms with E-state index in [4.69, 9.17) is 10.5 Å². The van der Waals surface area contributed by atoms with Gasteiger partial charge in [0, 0.05) is 11.8 Å². The number of aliphatic hydroxyl groups is 1. The number of hydrogen-bond donors (Lipinski definition) is 2. The predicted molar refractivity (Wildman–Crippen MR) is 89.7 cm³/mol. The summed E-state index contributed by atoms with van der Waals surface area (Å²) in [4.78, 5) is 12.1. The lowest BCUT2D eigenvalue weighted by atomic mass is 10.0. The highest BCUT2D eigenvalue weighted by Crippen LogP contribution is 2.29. The monoisotopic (exact) mass is 321 g/mol. The van der Waals surface area contributed by atoms with Crippen molar-refractivity contribution < 1.29 is 14.6 Å². The number of nitrogens with two attached hydrogens (primary N) is 1. The van der Waals surface area contributed by atoms with Gasteiger partial charge in [0.05, 0.1) is 30.7 Å². The highest BCUT2D eigenvalue weighted by atomic mass is 16.5. The first-order valence-corrected chi connectivity index (χ1v) is 7.22. The summed E-state index contributed by atoms with van der Waals surface area (Å²) >= 11 is 0. The Bertz CT molecular complexity index is 983. The number of nitriles is 1. The molecule has 1 aromatic heterocycles. The lowest BCUT2D eigenvalue weighted by Gasteiger charge is -2.14. The zero-order chi connectivity index (χ0) is 17.3. The first kappa shape index (κ1) is 15.6. The maximum atomic E-state index is 12.1. The van der Waals surface area contributed by atoms with Gasteiger partial charge in [-0.3, -0.25) is 0 Å². The largest absolute Gasteiger partial charge is 0.464 e. The van der Waals surface area contributed by atoms with Crippen LogP contribution in [0.4, 0.5) is 5.69 Å². The van der Waals surface area contributed by atoms with Gasteiger partial charge in [-0.15, -0.1) is 0 Å². The van der Waals surface area contributed by atoms with E-state index in [2.05, 4.69) is 0 Å². The van der Waals surface area contributed by atoms with Crippen molar-refractivity contribution in [3.8, 4) is 11.8 Å². The Morgan fingerprint density at radius 3 is 2.58 bits per heavy atom. The van der Waals surface area contributed by atoms with E-state index in [-0.39, 0.29) is 23.6 Å². The van der Waals surface area contributed by atoms with E-state index in [0.29, 0.717) is 11.3 Å². The number of aliphatic hydroxyl groups excluding tert-OH is 1. The van der Waals surface area contributed by atoms with E-state index in [9.17, 15) is 15.2 Å². The van der Waals surface area contributed by atoms with Gasteiger partial charge >= 0.3 is 5.97 Å². The lowest BCUT2D eigenvalue weighted by Crippen LogP contribution is -2.12. The van der Waals surface area contributed by atoms with Gasteiger partial charge in [-0.25, -0.2) is 4.79 Å². The summed E-state index contributed by atoms with van der Waals surface area (Å²) < 4.78 is 6.28. The predicted octanol–water partition coefficient (Wildman–Crippen LogP) is 2.36. The van der Waals surface area contributed by atoms with Crippen LogP contribution in [0.1, 0.15) is 21.6 Å². The van der Waals surface area contributed by atoms with Crippen LogP contribution in [0.3, 0.4) is 0 Å². The summed E-state index contributed by atoms with van der Waals surface area (Å²) in [6, 6.07) is 13.3. The standard InChI is InChI=1S/C18H15N3O3/c1-24-18(23)17-16(20)14(8-19)9-21(17)15-7-12-5-3-2-4-11(12)6-13(15)10-22/h2-7,9,22H,10,20H2,1H3. The van der Waals surface area contributed by atoms with E-state index in [1.54, 1.807) is 0 Å². The van der Waals surface area contributed by atoms with Crippen LogP contribution in [0, 0.1) is 11.3 Å². The van der Waals surface area contributed by atoms with Gasteiger partial charge in [0.15, 0.2) is 5.69 Å². The number of anilines is 1. The average molecular weight is 321 g/mol. The van der Waals surface area contributed by atoms with Crippen molar-refractivity contribution in [2.75, 3.05) is 12.8 Å². The summed E-state index contributed by atoms with van der Waals surface area (Å²) in [5.41, 5.74) is 7.41. The fourth-order valence-corrected chi connectivity index (χ4v) is 2.73. The van der Waals surface area contributed by atoms with Crippen LogP contribution in [0.5, 0.6) is 0 Å². The van der Waals surface area contributed by atoms with Crippen LogP contribution in [-0.2, 0) is 11.3 Å². The van der Waals surface area contributed by atoms with E-state index in [1.807, 2.05) is 42.5 Å². The molecule has 1 heterocycles. The SMILES string of the molecule is COC(=O)c1c(N)c(C#N)cn1-c1cc2ccccc2cc1CO. The Hall–Kier alpha value is -3.30. The molecule has 0 spiro atoms. The van der Waals surface area contributed by atoms with E-state index < -0.39 is 5.97 Å². The van der Waals surface area contributed by atoms with Gasteiger partial charge in [-0.2, -0.15) is 5.26 Å². The fourth-order valence-electron chi connectivity index (χ4n) is 2.73. The maximum Gasteiger partial charge on any atom is 0.357 e. The van der Waals surface area contributed by atoms with Crippen molar-refractivity contribution in [3.05, 3.63) is 59.4 Å². The molecular weight excluding hydrogens is 306 g/mol. The second kappa shape index (κ2) is 6.07. The van der Waals surface area contributed by atoms with Gasteiger partial charge in [0.25, 0.3) is 0 Å². The molecular formula is C18H15N3O3. The van der Waals surface area contributed by atoms with Gasteiger partial charge in [0.2, 0.25) is 0 Å². The van der Waals surface area contributed by atoms with Gasteiger partial charge in [-0.05, 0) is 22.9 Å². The number of esters is 1. The summed E-state index contributed by atoms with van der Waals surface area (Å²) in [5.74, 6) is -0.647. The molecule has 0 amide bonds. The number of rotatable bonds is 3. The highest BCUT2D eigenvalue weighted by Gasteiger charge is 2.23. The number of nitrogens with zero attached hydrogens (tertiary/aromatic N) is 2. The second-order valence-corrected chi connectivity index (χ2v) is 5.26. The number of hydrogen-bond acceptors (Lipinski definition) is 5. The normalized spacial score (nSPS) is 10.5. The molecule has 0 atom stereocenters. The molecule has 24 heavy (non-hydrogen) atoms. The molecule has 3 aromatic rings. The van der Waals surface area contributed by atoms with Crippen molar-refractivity contribution in [2.24, 2.45) is 0 Å². The molecule has 0 aliphatic carbocycles. The maximum absolute atomic E-state index is 12.1. The van der Waals surface area contributed by atoms with E-state index in [0.717, 1.165) is 10.8 Å². The van der Waals surface area contributed by atoms with Crippen LogP contribution in [0.25, 0.3) is 16.5 Å². The molecule has 0 saturated heterocycles. The second-order valence-electron chi connectivity index (χ2n) is 5.26. The Morgan fingerprint density at radius 2 is 2.00 bits per heavy atom. The smallest absolute Gasteiger partial charge is 0.357 e. The zero-order valence-corrected chi connectivity index (χ0v) is 13.0. The summed E-state index contributed by atoms with van der Waals surface area (Å²) in [7, 11) is 1.25. The summed E-state index contributed by atoms with van der Waals surface area (Å²) in [6.07, 6.45) is 1.48. The number of methoxy groups -OCH3 is 1.